The van der Waals surface area contributed by atoms with Gasteiger partial charge in [0.1, 0.15) is 12.7 Å². The highest BCUT2D eigenvalue weighted by atomic mass is 32.1. The van der Waals surface area contributed by atoms with Crippen LogP contribution in [0.2, 0.25) is 0 Å². The number of aromatic nitrogens is 1. The van der Waals surface area contributed by atoms with Gasteiger partial charge in [-0.15, -0.1) is 11.3 Å². The SMILES string of the molecule is OC(CNCc1cncs1)COc1ccccc1F. The number of aliphatic hydroxyl groups is 1. The number of nitrogens with one attached hydrogen (secondary N) is 1. The Balaban J connectivity index is 1.67. The second-order valence-corrected chi connectivity index (χ2v) is 4.96. The van der Waals surface area contributed by atoms with Gasteiger partial charge in [-0.25, -0.2) is 4.39 Å². The molecule has 1 heterocycles. The van der Waals surface area contributed by atoms with Crippen molar-refractivity contribution in [3.8, 4) is 5.75 Å². The van der Waals surface area contributed by atoms with Gasteiger partial charge < -0.3 is 15.2 Å². The van der Waals surface area contributed by atoms with Crippen LogP contribution >= 0.6 is 11.3 Å². The Labute approximate surface area is 114 Å². The fraction of sp³-hybridized carbons (Fsp3) is 0.308. The minimum Gasteiger partial charge on any atom is -0.488 e. The molecule has 0 amide bonds. The number of ether oxygens (including phenoxy) is 1. The third-order valence-electron chi connectivity index (χ3n) is 2.43. The molecule has 0 bridgehead atoms. The molecule has 1 atom stereocenters. The molecule has 0 saturated heterocycles. The van der Waals surface area contributed by atoms with Crippen LogP contribution in [0, 0.1) is 5.82 Å². The number of benzene rings is 1. The van der Waals surface area contributed by atoms with Crippen LogP contribution in [0.4, 0.5) is 4.39 Å². The largest absolute Gasteiger partial charge is 0.488 e. The smallest absolute Gasteiger partial charge is 0.165 e. The van der Waals surface area contributed by atoms with Crippen LogP contribution in [-0.4, -0.2) is 29.3 Å². The van der Waals surface area contributed by atoms with Crippen molar-refractivity contribution in [1.29, 1.82) is 0 Å². The molecule has 4 nitrogen and oxygen atoms in total. The van der Waals surface area contributed by atoms with Crippen LogP contribution in [0.15, 0.2) is 36.0 Å². The highest BCUT2D eigenvalue weighted by Crippen LogP contribution is 2.15. The summed E-state index contributed by atoms with van der Waals surface area (Å²) in [6.07, 6.45) is 1.09. The van der Waals surface area contributed by atoms with Gasteiger partial charge in [-0.3, -0.25) is 4.98 Å². The van der Waals surface area contributed by atoms with Gasteiger partial charge in [0.15, 0.2) is 11.6 Å². The molecule has 1 aromatic carbocycles. The monoisotopic (exact) mass is 282 g/mol. The molecule has 0 spiro atoms. The molecule has 6 heteroatoms. The highest BCUT2D eigenvalue weighted by Gasteiger charge is 2.07. The predicted octanol–water partition coefficient (Wildman–Crippen LogP) is 1.81. The molecule has 0 aliphatic rings. The molecule has 2 N–H and O–H groups in total. The van der Waals surface area contributed by atoms with E-state index in [1.54, 1.807) is 35.2 Å². The first-order chi connectivity index (χ1) is 9.25. The minimum atomic E-state index is -0.687. The summed E-state index contributed by atoms with van der Waals surface area (Å²) in [5.41, 5.74) is 1.76. The molecule has 1 aromatic heterocycles. The Hall–Kier alpha value is -1.50. The Morgan fingerprint density at radius 1 is 1.42 bits per heavy atom. The van der Waals surface area contributed by atoms with Crippen molar-refractivity contribution in [1.82, 2.24) is 10.3 Å². The molecule has 0 fully saturated rings. The van der Waals surface area contributed by atoms with Gasteiger partial charge in [0.25, 0.3) is 0 Å². The molecule has 0 aliphatic carbocycles. The lowest BCUT2D eigenvalue weighted by atomic mass is 10.3. The van der Waals surface area contributed by atoms with E-state index in [4.69, 9.17) is 4.74 Å². The molecule has 0 radical (unpaired) electrons. The standard InChI is InChI=1S/C13H15FN2O2S/c14-12-3-1-2-4-13(12)18-8-10(17)5-15-6-11-7-16-9-19-11/h1-4,7,9-10,15,17H,5-6,8H2. The third-order valence-corrected chi connectivity index (χ3v) is 3.21. The lowest BCUT2D eigenvalue weighted by Gasteiger charge is -2.13. The molecule has 0 saturated carbocycles. The molecule has 102 valence electrons. The van der Waals surface area contributed by atoms with E-state index in [0.29, 0.717) is 13.1 Å². The highest BCUT2D eigenvalue weighted by molar-refractivity contribution is 7.09. The van der Waals surface area contributed by atoms with Crippen LogP contribution in [0.3, 0.4) is 0 Å². The summed E-state index contributed by atoms with van der Waals surface area (Å²) in [5, 5.41) is 12.8. The van der Waals surface area contributed by atoms with Crippen LogP contribution in [0.25, 0.3) is 0 Å². The summed E-state index contributed by atoms with van der Waals surface area (Å²) < 4.78 is 18.5. The molecule has 2 aromatic rings. The first-order valence-electron chi connectivity index (χ1n) is 5.89. The van der Waals surface area contributed by atoms with Gasteiger partial charge >= 0.3 is 0 Å². The summed E-state index contributed by atoms with van der Waals surface area (Å²) >= 11 is 1.55. The summed E-state index contributed by atoms with van der Waals surface area (Å²) in [4.78, 5) is 5.05. The maximum atomic E-state index is 13.3. The van der Waals surface area contributed by atoms with E-state index < -0.39 is 11.9 Å². The van der Waals surface area contributed by atoms with E-state index >= 15 is 0 Å². The Bertz CT molecular complexity index is 493. The number of hydrogen-bond acceptors (Lipinski definition) is 5. The van der Waals surface area contributed by atoms with Crippen LogP contribution in [-0.2, 0) is 6.54 Å². The van der Waals surface area contributed by atoms with Crippen molar-refractivity contribution >= 4 is 11.3 Å². The van der Waals surface area contributed by atoms with Crippen molar-refractivity contribution in [2.45, 2.75) is 12.6 Å². The van der Waals surface area contributed by atoms with Gasteiger partial charge in [-0.05, 0) is 12.1 Å². The lowest BCUT2D eigenvalue weighted by Crippen LogP contribution is -2.31. The summed E-state index contributed by atoms with van der Waals surface area (Å²) in [7, 11) is 0. The maximum absolute atomic E-state index is 13.3. The number of rotatable bonds is 7. The third kappa shape index (κ3) is 4.59. The fourth-order valence-electron chi connectivity index (χ4n) is 1.50. The lowest BCUT2D eigenvalue weighted by molar-refractivity contribution is 0.104. The van der Waals surface area contributed by atoms with Crippen molar-refractivity contribution in [2.24, 2.45) is 0 Å². The minimum absolute atomic E-state index is 0.0522. The van der Waals surface area contributed by atoms with Crippen LogP contribution in [0.1, 0.15) is 4.88 Å². The number of aliphatic hydroxyl groups excluding tert-OH is 1. The van der Waals surface area contributed by atoms with Gasteiger partial charge in [-0.1, -0.05) is 12.1 Å². The predicted molar refractivity (Wildman–Crippen MR) is 71.7 cm³/mol. The molecular formula is C13H15FN2O2S. The average Bonchev–Trinajstić information content (AvgIpc) is 2.91. The van der Waals surface area contributed by atoms with E-state index in [1.807, 2.05) is 0 Å². The second kappa shape index (κ2) is 7.18. The number of nitrogens with zero attached hydrogens (tertiary/aromatic N) is 1. The van der Waals surface area contributed by atoms with E-state index in [2.05, 4.69) is 10.3 Å². The fourth-order valence-corrected chi connectivity index (χ4v) is 2.06. The normalized spacial score (nSPS) is 12.3. The first kappa shape index (κ1) is 13.9. The summed E-state index contributed by atoms with van der Waals surface area (Å²) in [6.45, 7) is 1.09. The quantitative estimate of drug-likeness (QED) is 0.813. The van der Waals surface area contributed by atoms with E-state index in [1.165, 1.54) is 12.1 Å². The number of para-hydroxylation sites is 1. The van der Waals surface area contributed by atoms with Gasteiger partial charge in [-0.2, -0.15) is 0 Å². The van der Waals surface area contributed by atoms with Gasteiger partial charge in [0, 0.05) is 24.2 Å². The average molecular weight is 282 g/mol. The topological polar surface area (TPSA) is 54.4 Å². The Morgan fingerprint density at radius 2 is 2.26 bits per heavy atom. The molecule has 2 rings (SSSR count). The van der Waals surface area contributed by atoms with Crippen LogP contribution < -0.4 is 10.1 Å². The van der Waals surface area contributed by atoms with Crippen molar-refractivity contribution in [2.75, 3.05) is 13.2 Å². The van der Waals surface area contributed by atoms with Crippen molar-refractivity contribution < 1.29 is 14.2 Å². The number of hydrogen-bond donors (Lipinski definition) is 2. The first-order valence-corrected chi connectivity index (χ1v) is 6.77. The zero-order valence-corrected chi connectivity index (χ0v) is 11.1. The molecular weight excluding hydrogens is 267 g/mol. The van der Waals surface area contributed by atoms with Crippen molar-refractivity contribution in [3.63, 3.8) is 0 Å². The Morgan fingerprint density at radius 3 is 3.00 bits per heavy atom. The van der Waals surface area contributed by atoms with Gasteiger partial charge in [0.2, 0.25) is 0 Å². The summed E-state index contributed by atoms with van der Waals surface area (Å²) in [6, 6.07) is 6.14. The molecule has 1 unspecified atom stereocenters. The van der Waals surface area contributed by atoms with Crippen LogP contribution in [0.5, 0.6) is 5.75 Å². The van der Waals surface area contributed by atoms with Crippen molar-refractivity contribution in [3.05, 3.63) is 46.7 Å². The molecule has 0 aliphatic heterocycles. The van der Waals surface area contributed by atoms with E-state index in [0.717, 1.165) is 4.88 Å². The van der Waals surface area contributed by atoms with Gasteiger partial charge in [0.05, 0.1) is 5.51 Å². The maximum Gasteiger partial charge on any atom is 0.165 e. The number of halogens is 1. The summed E-state index contributed by atoms with van der Waals surface area (Å²) in [5.74, 6) is -0.267. The van der Waals surface area contributed by atoms with E-state index in [9.17, 15) is 9.50 Å². The zero-order valence-electron chi connectivity index (χ0n) is 10.3. The van der Waals surface area contributed by atoms with E-state index in [-0.39, 0.29) is 12.4 Å². The number of thiazole rings is 1. The molecule has 19 heavy (non-hydrogen) atoms. The zero-order chi connectivity index (χ0) is 13.5. The Kier molecular flexibility index (Phi) is 5.26. The second-order valence-electron chi connectivity index (χ2n) is 3.99.